The van der Waals surface area contributed by atoms with E-state index in [9.17, 15) is 0 Å². The Morgan fingerprint density at radius 2 is 1.50 bits per heavy atom. The van der Waals surface area contributed by atoms with E-state index in [4.69, 9.17) is 0 Å². The van der Waals surface area contributed by atoms with Gasteiger partial charge in [-0.05, 0) is 37.0 Å². The van der Waals surface area contributed by atoms with Crippen LogP contribution in [0.2, 0.25) is 5.21 Å². The van der Waals surface area contributed by atoms with Crippen LogP contribution in [-0.2, 0) is 0 Å². The molecular weight excluding hydrogens is 142 g/mol. The van der Waals surface area contributed by atoms with E-state index in [-0.39, 0.29) is 0 Å². The first-order valence-corrected chi connectivity index (χ1v) is 5.55. The van der Waals surface area contributed by atoms with Gasteiger partial charge in [-0.2, -0.15) is 0 Å². The predicted octanol–water partition coefficient (Wildman–Crippen LogP) is 1.22. The van der Waals surface area contributed by atoms with Crippen LogP contribution in [0.5, 0.6) is 0 Å². The molecule has 2 aliphatic carbocycles. The summed E-state index contributed by atoms with van der Waals surface area (Å²) in [5.74, 6) is 3.23. The van der Waals surface area contributed by atoms with E-state index in [1.165, 1.54) is 25.7 Å². The van der Waals surface area contributed by atoms with Gasteiger partial charge in [0.05, 0.1) is 15.7 Å². The maximum Gasteiger partial charge on any atom is 0.0992 e. The Bertz CT molecular complexity index is 159. The molecule has 66 valence electrons. The standard InChI is InChI=1S/C10H20B2/c1-10(11,12)9-5-7-2-3-8(4-7)6-9/h7-9H,2-6,11-12H2,1H3. The lowest BCUT2D eigenvalue weighted by Crippen LogP contribution is -2.27. The van der Waals surface area contributed by atoms with Crippen molar-refractivity contribution in [1.82, 2.24) is 0 Å². The van der Waals surface area contributed by atoms with Crippen LogP contribution in [0.15, 0.2) is 0 Å². The quantitative estimate of drug-likeness (QED) is 0.508. The predicted molar refractivity (Wildman–Crippen MR) is 59.0 cm³/mol. The second-order valence-electron chi connectivity index (χ2n) is 6.08. The zero-order valence-electron chi connectivity index (χ0n) is 8.77. The molecular formula is C10H20B2. The van der Waals surface area contributed by atoms with Crippen LogP contribution in [0.4, 0.5) is 0 Å². The van der Waals surface area contributed by atoms with Crippen LogP contribution in [-0.4, -0.2) is 15.7 Å². The molecule has 0 aliphatic heterocycles. The van der Waals surface area contributed by atoms with Crippen LogP contribution in [0.25, 0.3) is 0 Å². The lowest BCUT2D eigenvalue weighted by atomic mass is 9.46. The first-order chi connectivity index (χ1) is 5.55. The minimum Gasteiger partial charge on any atom is -0.0845 e. The fraction of sp³-hybridized carbons (Fsp3) is 1.00. The third-order valence-corrected chi connectivity index (χ3v) is 4.11. The normalized spacial score (nSPS) is 41.6. The minimum absolute atomic E-state index is 0.571. The van der Waals surface area contributed by atoms with E-state index in [0.717, 1.165) is 17.8 Å². The maximum absolute atomic E-state index is 2.42. The van der Waals surface area contributed by atoms with Crippen LogP contribution in [0, 0.1) is 17.8 Å². The fourth-order valence-electron chi connectivity index (χ4n) is 3.21. The molecule has 2 rings (SSSR count). The summed E-state index contributed by atoms with van der Waals surface area (Å²) in [7, 11) is 4.84. The summed E-state index contributed by atoms with van der Waals surface area (Å²) in [6.07, 6.45) is 7.70. The molecule has 0 nitrogen and oxygen atoms in total. The van der Waals surface area contributed by atoms with Crippen molar-refractivity contribution in [2.24, 2.45) is 17.8 Å². The van der Waals surface area contributed by atoms with Crippen LogP contribution < -0.4 is 0 Å². The Morgan fingerprint density at radius 1 is 1.00 bits per heavy atom. The van der Waals surface area contributed by atoms with E-state index in [1.54, 1.807) is 6.42 Å². The molecule has 0 amide bonds. The summed E-state index contributed by atoms with van der Waals surface area (Å²) in [5, 5.41) is 0.571. The Hall–Kier alpha value is 0.130. The van der Waals surface area contributed by atoms with Crippen molar-refractivity contribution in [3.63, 3.8) is 0 Å². The minimum atomic E-state index is 0.571. The van der Waals surface area contributed by atoms with Crippen molar-refractivity contribution in [3.8, 4) is 0 Å². The van der Waals surface area contributed by atoms with E-state index in [1.807, 2.05) is 0 Å². The van der Waals surface area contributed by atoms with E-state index in [0.29, 0.717) is 5.21 Å². The van der Waals surface area contributed by atoms with E-state index >= 15 is 0 Å². The molecule has 2 saturated carbocycles. The summed E-state index contributed by atoms with van der Waals surface area (Å²) in [6, 6.07) is 0. The Balaban J connectivity index is 2.03. The van der Waals surface area contributed by atoms with Crippen molar-refractivity contribution < 1.29 is 0 Å². The highest BCUT2D eigenvalue weighted by Crippen LogP contribution is 2.50. The molecule has 0 radical (unpaired) electrons. The highest BCUT2D eigenvalue weighted by atomic mass is 14.4. The highest BCUT2D eigenvalue weighted by Gasteiger charge is 2.38. The van der Waals surface area contributed by atoms with Gasteiger partial charge in [-0.15, -0.1) is 0 Å². The van der Waals surface area contributed by atoms with E-state index < -0.39 is 0 Å². The molecule has 0 aromatic carbocycles. The number of rotatable bonds is 1. The van der Waals surface area contributed by atoms with Crippen molar-refractivity contribution in [2.75, 3.05) is 0 Å². The average Bonchev–Trinajstić information content (AvgIpc) is 2.28. The lowest BCUT2D eigenvalue weighted by Gasteiger charge is -2.37. The molecule has 2 bridgehead atoms. The molecule has 2 unspecified atom stereocenters. The second kappa shape index (κ2) is 2.82. The molecule has 2 atom stereocenters. The van der Waals surface area contributed by atoms with Gasteiger partial charge < -0.3 is 0 Å². The van der Waals surface area contributed by atoms with Crippen molar-refractivity contribution >= 4 is 15.7 Å². The van der Waals surface area contributed by atoms with Gasteiger partial charge in [0.2, 0.25) is 0 Å². The summed E-state index contributed by atoms with van der Waals surface area (Å²) >= 11 is 0. The highest BCUT2D eigenvalue weighted by molar-refractivity contribution is 6.39. The Morgan fingerprint density at radius 3 is 1.92 bits per heavy atom. The van der Waals surface area contributed by atoms with Gasteiger partial charge >= 0.3 is 0 Å². The topological polar surface area (TPSA) is 0 Å². The largest absolute Gasteiger partial charge is 0.0992 e. The molecule has 2 fully saturated rings. The summed E-state index contributed by atoms with van der Waals surface area (Å²) in [6.45, 7) is 2.42. The Kier molecular flexibility index (Phi) is 2.05. The van der Waals surface area contributed by atoms with Gasteiger partial charge in [0.25, 0.3) is 0 Å². The maximum atomic E-state index is 2.42. The first kappa shape index (κ1) is 8.72. The first-order valence-electron chi connectivity index (χ1n) is 5.55. The second-order valence-corrected chi connectivity index (χ2v) is 6.08. The van der Waals surface area contributed by atoms with Crippen LogP contribution >= 0.6 is 0 Å². The van der Waals surface area contributed by atoms with E-state index in [2.05, 4.69) is 22.6 Å². The zero-order valence-corrected chi connectivity index (χ0v) is 8.77. The van der Waals surface area contributed by atoms with Gasteiger partial charge in [-0.1, -0.05) is 25.0 Å². The third kappa shape index (κ3) is 1.58. The van der Waals surface area contributed by atoms with Gasteiger partial charge in [-0.25, -0.2) is 0 Å². The number of hydrogen-bond acceptors (Lipinski definition) is 0. The third-order valence-electron chi connectivity index (χ3n) is 4.11. The lowest BCUT2D eigenvalue weighted by molar-refractivity contribution is 0.243. The van der Waals surface area contributed by atoms with Crippen LogP contribution in [0.3, 0.4) is 0 Å². The zero-order chi connectivity index (χ0) is 8.77. The van der Waals surface area contributed by atoms with Crippen LogP contribution in [0.1, 0.15) is 39.0 Å². The number of fused-ring (bicyclic) bond motifs is 2. The van der Waals surface area contributed by atoms with Gasteiger partial charge in [0, 0.05) is 0 Å². The monoisotopic (exact) mass is 162 g/mol. The number of hydrogen-bond donors (Lipinski definition) is 0. The smallest absolute Gasteiger partial charge is 0.0845 e. The van der Waals surface area contributed by atoms with Gasteiger partial charge in [-0.3, -0.25) is 0 Å². The summed E-state index contributed by atoms with van der Waals surface area (Å²) in [4.78, 5) is 0. The molecule has 0 N–H and O–H groups in total. The summed E-state index contributed by atoms with van der Waals surface area (Å²) in [5.41, 5.74) is 0. The van der Waals surface area contributed by atoms with Crippen molar-refractivity contribution in [2.45, 2.75) is 44.2 Å². The molecule has 0 aromatic heterocycles. The average molecular weight is 162 g/mol. The molecule has 0 saturated heterocycles. The van der Waals surface area contributed by atoms with Crippen molar-refractivity contribution in [3.05, 3.63) is 0 Å². The molecule has 2 heteroatoms. The van der Waals surface area contributed by atoms with Gasteiger partial charge in [0.15, 0.2) is 0 Å². The molecule has 12 heavy (non-hydrogen) atoms. The Labute approximate surface area is 78.3 Å². The fourth-order valence-corrected chi connectivity index (χ4v) is 3.21. The molecule has 0 spiro atoms. The van der Waals surface area contributed by atoms with Crippen molar-refractivity contribution in [1.29, 1.82) is 0 Å². The SMILES string of the molecule is BC(B)(C)C1CC2CCC(C2)C1. The summed E-state index contributed by atoms with van der Waals surface area (Å²) < 4.78 is 0. The van der Waals surface area contributed by atoms with Gasteiger partial charge in [0.1, 0.15) is 0 Å². The molecule has 2 aliphatic rings. The molecule has 0 aromatic rings. The molecule has 0 heterocycles.